The molecule has 0 spiro atoms. The molecule has 4 heavy (non-hydrogen) atoms. The van der Waals surface area contributed by atoms with Gasteiger partial charge in [0, 0.05) is 49.4 Å². The van der Waals surface area contributed by atoms with Gasteiger partial charge in [-0.05, 0) is 4.08 Å². The molecule has 1 radical (unpaired) electrons. The van der Waals surface area contributed by atoms with Crippen LogP contribution in [0.25, 0.3) is 0 Å². The molecule has 0 aliphatic heterocycles. The van der Waals surface area contributed by atoms with Gasteiger partial charge in [0.2, 0.25) is 0 Å². The number of hydrogen-bond donors (Lipinski definition) is 0. The Morgan fingerprint density at radius 1 is 1.75 bits per heavy atom. The van der Waals surface area contributed by atoms with Gasteiger partial charge in [0.05, 0.1) is 0 Å². The summed E-state index contributed by atoms with van der Waals surface area (Å²) in [6.45, 7) is 3.35. The van der Waals surface area contributed by atoms with E-state index in [-0.39, 0.29) is 49.4 Å². The van der Waals surface area contributed by atoms with Crippen LogP contribution in [-0.2, 0) is 0 Å². The van der Waals surface area contributed by atoms with Gasteiger partial charge in [0.25, 0.3) is 0 Å². The minimum atomic E-state index is 0. The molecular formula is C2H3EuI. The molecule has 0 aromatic heterocycles. The van der Waals surface area contributed by atoms with Crippen molar-refractivity contribution in [3.8, 4) is 0 Å². The van der Waals surface area contributed by atoms with Crippen molar-refractivity contribution in [3.05, 3.63) is 10.7 Å². The van der Waals surface area contributed by atoms with Gasteiger partial charge in [-0.2, -0.15) is 0 Å². The topological polar surface area (TPSA) is 0 Å². The van der Waals surface area contributed by atoms with E-state index in [1.165, 1.54) is 0 Å². The van der Waals surface area contributed by atoms with Crippen LogP contribution in [0.2, 0.25) is 0 Å². The molecule has 25 valence electrons. The zero-order chi connectivity index (χ0) is 2.71. The quantitative estimate of drug-likeness (QED) is 0.596. The average molecular weight is 306 g/mol. The first kappa shape index (κ1) is 9.41. The molecule has 0 saturated carbocycles. The zero-order valence-corrected chi connectivity index (χ0v) is 6.62. The van der Waals surface area contributed by atoms with Gasteiger partial charge in [0.15, 0.2) is 0 Å². The molecule has 0 N–H and O–H groups in total. The van der Waals surface area contributed by atoms with Gasteiger partial charge in [-0.1, -0.05) is 29.2 Å². The van der Waals surface area contributed by atoms with Crippen LogP contribution in [0.5, 0.6) is 0 Å². The van der Waals surface area contributed by atoms with Gasteiger partial charge < -0.3 is 0 Å². The molecule has 0 heterocycles. The Bertz CT molecular complexity index is 13.5. The third-order valence-corrected chi connectivity index (χ3v) is 0. The summed E-state index contributed by atoms with van der Waals surface area (Å²) in [6.07, 6.45) is 0. The van der Waals surface area contributed by atoms with E-state index in [1.54, 1.807) is 4.08 Å². The van der Waals surface area contributed by atoms with Crippen LogP contribution in [0, 0.1) is 49.4 Å². The van der Waals surface area contributed by atoms with Crippen molar-refractivity contribution >= 4 is 22.6 Å². The van der Waals surface area contributed by atoms with Crippen LogP contribution in [0.15, 0.2) is 10.7 Å². The summed E-state index contributed by atoms with van der Waals surface area (Å²) < 4.78 is 1.72. The second-order valence-electron chi connectivity index (χ2n) is 0.154. The van der Waals surface area contributed by atoms with E-state index >= 15 is 0 Å². The standard InChI is InChI=1S/C2H3I.Eu/c1-2-3;/h2H,1H2;. The first-order chi connectivity index (χ1) is 1.41. The fourth-order valence-corrected chi connectivity index (χ4v) is 0. The Kier molecular flexibility index (Phi) is 20.9. The van der Waals surface area contributed by atoms with Crippen molar-refractivity contribution in [2.45, 2.75) is 0 Å². The Balaban J connectivity index is 0. The van der Waals surface area contributed by atoms with Crippen LogP contribution >= 0.6 is 22.6 Å². The van der Waals surface area contributed by atoms with Gasteiger partial charge in [-0.15, -0.1) is 0 Å². The van der Waals surface area contributed by atoms with Crippen LogP contribution in [0.4, 0.5) is 0 Å². The van der Waals surface area contributed by atoms with Gasteiger partial charge in [-0.25, -0.2) is 0 Å². The molecular weight excluding hydrogens is 303 g/mol. The summed E-state index contributed by atoms with van der Waals surface area (Å²) >= 11 is 2.05. The molecule has 0 atom stereocenters. The molecule has 0 amide bonds. The third kappa shape index (κ3) is 8.96. The van der Waals surface area contributed by atoms with E-state index < -0.39 is 0 Å². The maximum absolute atomic E-state index is 3.35. The smallest absolute Gasteiger partial charge is 0 e. The molecule has 0 nitrogen and oxygen atoms in total. The molecule has 0 aromatic carbocycles. The summed E-state index contributed by atoms with van der Waals surface area (Å²) in [5.74, 6) is 0. The minimum absolute atomic E-state index is 0. The van der Waals surface area contributed by atoms with Gasteiger partial charge >= 0.3 is 0 Å². The third-order valence-electron chi connectivity index (χ3n) is 0. The zero-order valence-electron chi connectivity index (χ0n) is 2.04. The Morgan fingerprint density at radius 3 is 1.75 bits per heavy atom. The van der Waals surface area contributed by atoms with Crippen LogP contribution < -0.4 is 0 Å². The maximum atomic E-state index is 3.35. The van der Waals surface area contributed by atoms with Crippen molar-refractivity contribution in [2.75, 3.05) is 0 Å². The molecule has 0 rings (SSSR count). The molecule has 0 aliphatic carbocycles. The summed E-state index contributed by atoms with van der Waals surface area (Å²) in [5, 5.41) is 0. The molecule has 0 fully saturated rings. The molecule has 0 bridgehead atoms. The van der Waals surface area contributed by atoms with Crippen LogP contribution in [-0.4, -0.2) is 0 Å². The number of hydrogen-bond acceptors (Lipinski definition) is 0. The average Bonchev–Trinajstić information content (AvgIpc) is 0.918. The minimum Gasteiger partial charge on any atom is -0.0930 e. The van der Waals surface area contributed by atoms with Crippen molar-refractivity contribution in [1.82, 2.24) is 0 Å². The SMILES string of the molecule is C=CI.[Eu]. The normalized spacial score (nSPS) is 3.25. The van der Waals surface area contributed by atoms with E-state index in [4.69, 9.17) is 0 Å². The van der Waals surface area contributed by atoms with E-state index in [0.717, 1.165) is 0 Å². The van der Waals surface area contributed by atoms with E-state index in [9.17, 15) is 0 Å². The predicted octanol–water partition coefficient (Wildman–Crippen LogP) is 1.56. The molecule has 0 aromatic rings. The molecule has 0 aliphatic rings. The first-order valence-electron chi connectivity index (χ1n) is 0.626. The second kappa shape index (κ2) is 8.91. The van der Waals surface area contributed by atoms with Crippen LogP contribution in [0.3, 0.4) is 0 Å². The monoisotopic (exact) mass is 307 g/mol. The first-order valence-corrected chi connectivity index (χ1v) is 1.87. The Hall–Kier alpha value is 2.05. The van der Waals surface area contributed by atoms with Gasteiger partial charge in [-0.3, -0.25) is 0 Å². The van der Waals surface area contributed by atoms with Gasteiger partial charge in [0.1, 0.15) is 0 Å². The largest absolute Gasteiger partial charge is 0.0930 e. The van der Waals surface area contributed by atoms with Crippen molar-refractivity contribution in [3.63, 3.8) is 0 Å². The van der Waals surface area contributed by atoms with E-state index in [1.807, 2.05) is 0 Å². The van der Waals surface area contributed by atoms with Crippen LogP contribution in [0.1, 0.15) is 0 Å². The van der Waals surface area contributed by atoms with E-state index in [2.05, 4.69) is 29.2 Å². The summed E-state index contributed by atoms with van der Waals surface area (Å²) in [5.41, 5.74) is 0. The Morgan fingerprint density at radius 2 is 1.75 bits per heavy atom. The maximum Gasteiger partial charge on any atom is 0 e. The van der Waals surface area contributed by atoms with E-state index in [0.29, 0.717) is 0 Å². The summed E-state index contributed by atoms with van der Waals surface area (Å²) in [4.78, 5) is 0. The van der Waals surface area contributed by atoms with Crippen molar-refractivity contribution < 1.29 is 49.4 Å². The molecule has 0 unspecified atom stereocenters. The summed E-state index contributed by atoms with van der Waals surface area (Å²) in [6, 6.07) is 0. The predicted molar refractivity (Wildman–Crippen MR) is 24.2 cm³/mol. The molecule has 0 saturated heterocycles. The van der Waals surface area contributed by atoms with Crippen molar-refractivity contribution in [1.29, 1.82) is 0 Å². The Labute approximate surface area is 80.7 Å². The summed E-state index contributed by atoms with van der Waals surface area (Å²) in [7, 11) is 0. The van der Waals surface area contributed by atoms with Crippen molar-refractivity contribution in [2.24, 2.45) is 0 Å². The number of rotatable bonds is 0. The molecule has 2 heteroatoms. The fourth-order valence-electron chi connectivity index (χ4n) is 0. The number of halogens is 1. The fraction of sp³-hybridized carbons (Fsp3) is 0. The second-order valence-corrected chi connectivity index (χ2v) is 1.04.